The molecule has 0 saturated heterocycles. The maximum atomic E-state index is 11.9. The van der Waals surface area contributed by atoms with Crippen molar-refractivity contribution < 1.29 is 9.59 Å². The Hall–Kier alpha value is -1.50. The smallest absolute Gasteiger partial charge is 0.320 e. The van der Waals surface area contributed by atoms with E-state index in [-0.39, 0.29) is 17.8 Å². The number of carbonyl (C=O) groups is 2. The van der Waals surface area contributed by atoms with E-state index >= 15 is 0 Å². The van der Waals surface area contributed by atoms with E-state index in [4.69, 9.17) is 0 Å². The summed E-state index contributed by atoms with van der Waals surface area (Å²) in [5, 5.41) is 7.40. The first-order chi connectivity index (χ1) is 7.93. The third-order valence-corrected chi connectivity index (χ3v) is 2.66. The minimum Gasteiger partial charge on any atom is -0.320 e. The van der Waals surface area contributed by atoms with Crippen LogP contribution in [0.1, 0.15) is 38.2 Å². The van der Waals surface area contributed by atoms with Gasteiger partial charge in [-0.15, -0.1) is 5.10 Å². The summed E-state index contributed by atoms with van der Waals surface area (Å²) < 4.78 is 3.57. The maximum absolute atomic E-state index is 11.9. The molecule has 1 N–H and O–H groups in total. The van der Waals surface area contributed by atoms with Crippen molar-refractivity contribution in [3.8, 4) is 0 Å². The molecule has 0 aliphatic heterocycles. The summed E-state index contributed by atoms with van der Waals surface area (Å²) in [7, 11) is 0. The van der Waals surface area contributed by atoms with Gasteiger partial charge >= 0.3 is 6.03 Å². The molecule has 0 atom stereocenters. The molecule has 0 radical (unpaired) electrons. The average Bonchev–Trinajstić information content (AvgIpc) is 2.68. The van der Waals surface area contributed by atoms with Crippen molar-refractivity contribution >= 4 is 23.5 Å². The fraction of sp³-hybridized carbons (Fsp3) is 0.600. The van der Waals surface area contributed by atoms with Crippen LogP contribution in [0.2, 0.25) is 0 Å². The van der Waals surface area contributed by atoms with Crippen molar-refractivity contribution in [2.75, 3.05) is 0 Å². The SMILES string of the molecule is CC(C)N(C(=O)NC(=O)c1csnn1)C(C)C. The van der Waals surface area contributed by atoms with E-state index in [9.17, 15) is 9.59 Å². The summed E-state index contributed by atoms with van der Waals surface area (Å²) >= 11 is 1.07. The fourth-order valence-electron chi connectivity index (χ4n) is 1.55. The van der Waals surface area contributed by atoms with Crippen molar-refractivity contribution in [3.63, 3.8) is 0 Å². The lowest BCUT2D eigenvalue weighted by Gasteiger charge is -2.30. The van der Waals surface area contributed by atoms with Crippen LogP contribution in [0, 0.1) is 0 Å². The van der Waals surface area contributed by atoms with Crippen LogP contribution >= 0.6 is 11.5 Å². The van der Waals surface area contributed by atoms with Gasteiger partial charge in [0.25, 0.3) is 5.91 Å². The Morgan fingerprint density at radius 1 is 1.29 bits per heavy atom. The molecule has 0 fully saturated rings. The van der Waals surface area contributed by atoms with Crippen molar-refractivity contribution in [2.45, 2.75) is 39.8 Å². The molecule has 1 heterocycles. The summed E-state index contributed by atoms with van der Waals surface area (Å²) in [5.74, 6) is -0.518. The van der Waals surface area contributed by atoms with E-state index < -0.39 is 11.9 Å². The molecule has 1 aromatic rings. The van der Waals surface area contributed by atoms with Gasteiger partial charge < -0.3 is 4.90 Å². The van der Waals surface area contributed by atoms with E-state index in [1.54, 1.807) is 4.90 Å². The third-order valence-electron chi connectivity index (χ3n) is 2.16. The largest absolute Gasteiger partial charge is 0.324 e. The van der Waals surface area contributed by atoms with Crippen LogP contribution in [-0.4, -0.2) is 38.5 Å². The molecule has 0 unspecified atom stereocenters. The van der Waals surface area contributed by atoms with Crippen molar-refractivity contribution in [3.05, 3.63) is 11.1 Å². The highest BCUT2D eigenvalue weighted by molar-refractivity contribution is 7.03. The molecule has 6 nitrogen and oxygen atoms in total. The van der Waals surface area contributed by atoms with Gasteiger partial charge in [0.05, 0.1) is 0 Å². The lowest BCUT2D eigenvalue weighted by molar-refractivity contribution is 0.0935. The number of hydrogen-bond acceptors (Lipinski definition) is 5. The van der Waals surface area contributed by atoms with Gasteiger partial charge in [0, 0.05) is 17.5 Å². The summed E-state index contributed by atoms with van der Waals surface area (Å²) in [6, 6.07) is -0.360. The normalized spacial score (nSPS) is 10.7. The summed E-state index contributed by atoms with van der Waals surface area (Å²) in [6.45, 7) is 7.59. The standard InChI is InChI=1S/C10H16N4O2S/c1-6(2)14(7(3)4)10(16)11-9(15)8-5-17-13-12-8/h5-7H,1-4H3,(H,11,15,16). The van der Waals surface area contributed by atoms with Gasteiger partial charge in [0.2, 0.25) is 0 Å². The summed E-state index contributed by atoms with van der Waals surface area (Å²) in [4.78, 5) is 25.1. The first kappa shape index (κ1) is 13.6. The Balaban J connectivity index is 2.68. The zero-order chi connectivity index (χ0) is 13.0. The van der Waals surface area contributed by atoms with Gasteiger partial charge in [-0.25, -0.2) is 4.79 Å². The van der Waals surface area contributed by atoms with E-state index in [1.807, 2.05) is 27.7 Å². The minimum absolute atomic E-state index is 0.0244. The molecular weight excluding hydrogens is 240 g/mol. The number of rotatable bonds is 3. The molecule has 0 spiro atoms. The number of urea groups is 1. The van der Waals surface area contributed by atoms with Crippen molar-refractivity contribution in [1.82, 2.24) is 19.8 Å². The first-order valence-electron chi connectivity index (χ1n) is 5.34. The van der Waals surface area contributed by atoms with E-state index in [0.29, 0.717) is 0 Å². The summed E-state index contributed by atoms with van der Waals surface area (Å²) in [5.41, 5.74) is 0.163. The molecule has 0 aliphatic rings. The Morgan fingerprint density at radius 3 is 2.29 bits per heavy atom. The Kier molecular flexibility index (Phi) is 4.56. The van der Waals surface area contributed by atoms with Gasteiger partial charge in [-0.1, -0.05) is 4.49 Å². The number of aromatic nitrogens is 2. The second kappa shape index (κ2) is 5.72. The number of amides is 3. The monoisotopic (exact) mass is 256 g/mol. The number of nitrogens with zero attached hydrogens (tertiary/aromatic N) is 3. The van der Waals surface area contributed by atoms with Crippen LogP contribution in [0.25, 0.3) is 0 Å². The van der Waals surface area contributed by atoms with Crippen LogP contribution in [-0.2, 0) is 0 Å². The molecule has 0 saturated carbocycles. The number of imide groups is 1. The fourth-order valence-corrected chi connectivity index (χ4v) is 1.99. The van der Waals surface area contributed by atoms with E-state index in [2.05, 4.69) is 14.9 Å². The Labute approximate surface area is 104 Å². The first-order valence-corrected chi connectivity index (χ1v) is 6.17. The molecule has 0 bridgehead atoms. The highest BCUT2D eigenvalue weighted by atomic mass is 32.1. The number of hydrogen-bond donors (Lipinski definition) is 1. The van der Waals surface area contributed by atoms with Gasteiger partial charge in [-0.05, 0) is 39.2 Å². The van der Waals surface area contributed by atoms with Crippen molar-refractivity contribution in [1.29, 1.82) is 0 Å². The summed E-state index contributed by atoms with van der Waals surface area (Å²) in [6.07, 6.45) is 0. The van der Waals surface area contributed by atoms with Gasteiger partial charge in [0.15, 0.2) is 5.69 Å². The second-order valence-electron chi connectivity index (χ2n) is 4.14. The molecule has 94 valence electrons. The number of nitrogens with one attached hydrogen (secondary N) is 1. The van der Waals surface area contributed by atoms with Crippen LogP contribution in [0.5, 0.6) is 0 Å². The molecular formula is C10H16N4O2S. The van der Waals surface area contributed by atoms with E-state index in [0.717, 1.165) is 11.5 Å². The number of carbonyl (C=O) groups excluding carboxylic acids is 2. The molecule has 0 aromatic carbocycles. The highest BCUT2D eigenvalue weighted by Crippen LogP contribution is 2.06. The van der Waals surface area contributed by atoms with Crippen LogP contribution in [0.3, 0.4) is 0 Å². The Bertz CT molecular complexity index is 381. The zero-order valence-electron chi connectivity index (χ0n) is 10.3. The maximum Gasteiger partial charge on any atom is 0.324 e. The minimum atomic E-state index is -0.518. The van der Waals surface area contributed by atoms with Crippen LogP contribution in [0.4, 0.5) is 4.79 Å². The lowest BCUT2D eigenvalue weighted by Crippen LogP contribution is -2.49. The molecule has 0 aliphatic carbocycles. The van der Waals surface area contributed by atoms with Crippen LogP contribution < -0.4 is 5.32 Å². The molecule has 1 aromatic heterocycles. The van der Waals surface area contributed by atoms with Crippen molar-refractivity contribution in [2.24, 2.45) is 0 Å². The molecule has 17 heavy (non-hydrogen) atoms. The Morgan fingerprint density at radius 2 is 1.88 bits per heavy atom. The highest BCUT2D eigenvalue weighted by Gasteiger charge is 2.22. The van der Waals surface area contributed by atoms with Gasteiger partial charge in [-0.2, -0.15) is 0 Å². The second-order valence-corrected chi connectivity index (χ2v) is 4.75. The molecule has 3 amide bonds. The van der Waals surface area contributed by atoms with Crippen LogP contribution in [0.15, 0.2) is 5.38 Å². The lowest BCUT2D eigenvalue weighted by atomic mass is 10.2. The topological polar surface area (TPSA) is 75.2 Å². The quantitative estimate of drug-likeness (QED) is 0.889. The average molecular weight is 256 g/mol. The molecule has 7 heteroatoms. The van der Waals surface area contributed by atoms with Gasteiger partial charge in [0.1, 0.15) is 0 Å². The predicted molar refractivity (Wildman–Crippen MR) is 64.9 cm³/mol. The predicted octanol–water partition coefficient (Wildman–Crippen LogP) is 1.51. The van der Waals surface area contributed by atoms with Gasteiger partial charge in [-0.3, -0.25) is 10.1 Å². The zero-order valence-corrected chi connectivity index (χ0v) is 11.1. The third kappa shape index (κ3) is 3.48. The van der Waals surface area contributed by atoms with E-state index in [1.165, 1.54) is 5.38 Å². The molecule has 1 rings (SSSR count).